The van der Waals surface area contributed by atoms with Crippen LogP contribution in [0.4, 0.5) is 0 Å². The molecule has 0 radical (unpaired) electrons. The smallest absolute Gasteiger partial charge is 0.179 e. The molecule has 7 aromatic rings. The zero-order valence-corrected chi connectivity index (χ0v) is 27.4. The van der Waals surface area contributed by atoms with Crippen molar-refractivity contribution in [2.75, 3.05) is 13.1 Å². The van der Waals surface area contributed by atoms with Crippen LogP contribution in [0.3, 0.4) is 0 Å². The number of amidine groups is 2. The van der Waals surface area contributed by atoms with Gasteiger partial charge in [-0.1, -0.05) is 140 Å². The van der Waals surface area contributed by atoms with E-state index in [0.717, 1.165) is 65.8 Å². The van der Waals surface area contributed by atoms with Crippen LogP contribution in [0.5, 0.6) is 0 Å². The Morgan fingerprint density at radius 3 is 1.84 bits per heavy atom. The Kier molecular flexibility index (Phi) is 8.25. The van der Waals surface area contributed by atoms with Gasteiger partial charge in [-0.05, 0) is 35.2 Å². The minimum absolute atomic E-state index is 0.368. The van der Waals surface area contributed by atoms with Crippen LogP contribution in [0.25, 0.3) is 49.4 Å². The summed E-state index contributed by atoms with van der Waals surface area (Å²) in [6.07, 6.45) is 7.95. The Morgan fingerprint density at radius 1 is 0.600 bits per heavy atom. The van der Waals surface area contributed by atoms with Gasteiger partial charge in [-0.3, -0.25) is 9.98 Å². The molecule has 0 saturated heterocycles. The second-order valence-electron chi connectivity index (χ2n) is 11.9. The molecule has 0 atom stereocenters. The lowest BCUT2D eigenvalue weighted by atomic mass is 9.91. The van der Waals surface area contributed by atoms with Crippen molar-refractivity contribution in [2.24, 2.45) is 20.0 Å². The van der Waals surface area contributed by atoms with Crippen molar-refractivity contribution >= 4 is 73.5 Å². The molecule has 1 aliphatic rings. The van der Waals surface area contributed by atoms with E-state index in [1.165, 1.54) is 0 Å². The Bertz CT molecular complexity index is 2640. The molecular weight excluding hydrogens is 613 g/mol. The Labute approximate surface area is 290 Å². The molecular formula is C44H32N6. The lowest BCUT2D eigenvalue weighted by Gasteiger charge is -2.15. The van der Waals surface area contributed by atoms with E-state index in [2.05, 4.69) is 97.2 Å². The Balaban J connectivity index is 1.23. The van der Waals surface area contributed by atoms with Crippen LogP contribution in [0.1, 0.15) is 22.5 Å². The summed E-state index contributed by atoms with van der Waals surface area (Å²) in [5.41, 5.74) is 7.15. The highest BCUT2D eigenvalue weighted by molar-refractivity contribution is 6.19. The molecule has 0 amide bonds. The largest absolute Gasteiger partial charge is 0.282 e. The molecule has 1 aliphatic carbocycles. The highest BCUT2D eigenvalue weighted by atomic mass is 15.0. The molecule has 2 heterocycles. The van der Waals surface area contributed by atoms with E-state index in [4.69, 9.17) is 24.9 Å². The lowest BCUT2D eigenvalue weighted by Crippen LogP contribution is -2.12. The topological polar surface area (TPSA) is 75.2 Å². The first kappa shape index (κ1) is 30.7. The number of fused-ring (bicyclic) bond motifs is 7. The van der Waals surface area contributed by atoms with Gasteiger partial charge in [0.05, 0.1) is 29.8 Å². The molecule has 238 valence electrons. The fourth-order valence-electron chi connectivity index (χ4n) is 6.44. The Hall–Kier alpha value is -6.66. The second kappa shape index (κ2) is 13.5. The maximum Gasteiger partial charge on any atom is 0.179 e. The van der Waals surface area contributed by atoms with Crippen molar-refractivity contribution in [3.8, 4) is 0 Å². The zero-order chi connectivity index (χ0) is 33.9. The molecule has 0 fully saturated rings. The number of nitrogens with zero attached hydrogens (tertiary/aromatic N) is 6. The van der Waals surface area contributed by atoms with Crippen molar-refractivity contribution in [3.05, 3.63) is 174 Å². The third kappa shape index (κ3) is 5.84. The first-order valence-electron chi connectivity index (χ1n) is 16.5. The molecule has 0 saturated carbocycles. The van der Waals surface area contributed by atoms with Crippen molar-refractivity contribution in [1.82, 2.24) is 9.97 Å². The maximum atomic E-state index is 5.12. The van der Waals surface area contributed by atoms with Crippen LogP contribution >= 0.6 is 0 Å². The van der Waals surface area contributed by atoms with Gasteiger partial charge in [0.1, 0.15) is 11.4 Å². The number of rotatable bonds is 6. The minimum Gasteiger partial charge on any atom is -0.282 e. The van der Waals surface area contributed by atoms with Gasteiger partial charge in [-0.2, -0.15) is 0 Å². The van der Waals surface area contributed by atoms with E-state index >= 15 is 0 Å². The van der Waals surface area contributed by atoms with Crippen molar-refractivity contribution in [2.45, 2.75) is 0 Å². The van der Waals surface area contributed by atoms with E-state index in [1.54, 1.807) is 6.08 Å². The standard InChI is InChI=1S/C44H32N6/c1-3-10-32-20-17-29-11-4-7-14-35(29)40(32)46-27-28-47-44(39-26-24-34-22-19-31-13-6-9-16-37(31)42(34)49-39)50-43(45-2)38-25-23-33-21-18-30-12-5-8-15-36(30)41(33)48-38/h3-26H,1-2,27-28H2/b32-10-,46-40?,47-44?,50-43?. The molecule has 5 aromatic carbocycles. The fourth-order valence-corrected chi connectivity index (χ4v) is 6.44. The minimum atomic E-state index is 0.368. The number of benzene rings is 5. The molecule has 8 rings (SSSR count). The summed E-state index contributed by atoms with van der Waals surface area (Å²) in [5.74, 6) is 0.806. The molecule has 6 nitrogen and oxygen atoms in total. The summed E-state index contributed by atoms with van der Waals surface area (Å²) in [5, 5.41) is 6.45. The summed E-state index contributed by atoms with van der Waals surface area (Å²) in [7, 11) is 0. The summed E-state index contributed by atoms with van der Waals surface area (Å²) >= 11 is 0. The predicted molar refractivity (Wildman–Crippen MR) is 211 cm³/mol. The highest BCUT2D eigenvalue weighted by Crippen LogP contribution is 2.27. The number of aromatic nitrogens is 2. The van der Waals surface area contributed by atoms with Crippen molar-refractivity contribution in [3.63, 3.8) is 0 Å². The number of hydrogen-bond acceptors (Lipinski definition) is 4. The summed E-state index contributed by atoms with van der Waals surface area (Å²) in [4.78, 5) is 29.5. The predicted octanol–water partition coefficient (Wildman–Crippen LogP) is 9.61. The number of aliphatic imine (C=N–C) groups is 4. The van der Waals surface area contributed by atoms with Crippen LogP contribution in [-0.4, -0.2) is 47.2 Å². The average molecular weight is 645 g/mol. The van der Waals surface area contributed by atoms with Gasteiger partial charge in [0, 0.05) is 32.7 Å². The first-order valence-corrected chi connectivity index (χ1v) is 16.5. The quantitative estimate of drug-likeness (QED) is 0.0783. The molecule has 0 unspecified atom stereocenters. The first-order chi connectivity index (χ1) is 24.7. The van der Waals surface area contributed by atoms with E-state index in [1.807, 2.05) is 60.7 Å². The SMILES string of the molecule is C=C/C=C1/C=Cc2ccccc2C1=NCCN=C(N=C(N=C)c1ccc2ccc3ccccc3c2n1)c1ccc2ccc3ccccc3c2n1. The van der Waals surface area contributed by atoms with Crippen molar-refractivity contribution < 1.29 is 0 Å². The third-order valence-electron chi connectivity index (χ3n) is 8.85. The molecule has 0 spiro atoms. The molecule has 0 aliphatic heterocycles. The molecule has 0 bridgehead atoms. The maximum absolute atomic E-state index is 5.12. The normalized spacial score (nSPS) is 15.0. The fraction of sp³-hybridized carbons (Fsp3) is 0.0455. The summed E-state index contributed by atoms with van der Waals surface area (Å²) < 4.78 is 0. The van der Waals surface area contributed by atoms with Gasteiger partial charge in [0.15, 0.2) is 11.7 Å². The van der Waals surface area contributed by atoms with Crippen LogP contribution in [-0.2, 0) is 0 Å². The summed E-state index contributed by atoms with van der Waals surface area (Å²) in [6, 6.07) is 41.2. The summed E-state index contributed by atoms with van der Waals surface area (Å²) in [6.45, 7) is 8.61. The average Bonchev–Trinajstić information content (AvgIpc) is 3.17. The van der Waals surface area contributed by atoms with Crippen LogP contribution in [0, 0.1) is 0 Å². The van der Waals surface area contributed by atoms with Crippen LogP contribution < -0.4 is 0 Å². The van der Waals surface area contributed by atoms with E-state index in [-0.39, 0.29) is 0 Å². The van der Waals surface area contributed by atoms with E-state index in [9.17, 15) is 0 Å². The molecule has 0 N–H and O–H groups in total. The molecule has 6 heteroatoms. The van der Waals surface area contributed by atoms with E-state index < -0.39 is 0 Å². The monoisotopic (exact) mass is 644 g/mol. The van der Waals surface area contributed by atoms with E-state index in [0.29, 0.717) is 36.1 Å². The van der Waals surface area contributed by atoms with Gasteiger partial charge >= 0.3 is 0 Å². The second-order valence-corrected chi connectivity index (χ2v) is 11.9. The van der Waals surface area contributed by atoms with Crippen LogP contribution in [0.15, 0.2) is 172 Å². The number of allylic oxidation sites excluding steroid dienone is 4. The van der Waals surface area contributed by atoms with Crippen LogP contribution in [0.2, 0.25) is 0 Å². The van der Waals surface area contributed by atoms with Gasteiger partial charge in [-0.25, -0.2) is 20.0 Å². The van der Waals surface area contributed by atoms with Gasteiger partial charge < -0.3 is 0 Å². The van der Waals surface area contributed by atoms with Gasteiger partial charge in [0.25, 0.3) is 0 Å². The van der Waals surface area contributed by atoms with Gasteiger partial charge in [0.2, 0.25) is 0 Å². The molecule has 50 heavy (non-hydrogen) atoms. The lowest BCUT2D eigenvalue weighted by molar-refractivity contribution is 0.971. The zero-order valence-electron chi connectivity index (χ0n) is 27.4. The number of pyridine rings is 2. The van der Waals surface area contributed by atoms with Crippen molar-refractivity contribution in [1.29, 1.82) is 0 Å². The Morgan fingerprint density at radius 2 is 1.18 bits per heavy atom. The van der Waals surface area contributed by atoms with Gasteiger partial charge in [-0.15, -0.1) is 0 Å². The third-order valence-corrected chi connectivity index (χ3v) is 8.85. The number of hydrogen-bond donors (Lipinski definition) is 0. The molecule has 2 aromatic heterocycles. The highest BCUT2D eigenvalue weighted by Gasteiger charge is 2.16.